The van der Waals surface area contributed by atoms with E-state index in [0.29, 0.717) is 40.6 Å². The molecule has 6 rings (SSSR count). The van der Waals surface area contributed by atoms with Crippen molar-refractivity contribution < 1.29 is 29.0 Å². The molecular formula is C34H28N4O6S. The Bertz CT molecular complexity index is 1980. The number of amides is 1. The summed E-state index contributed by atoms with van der Waals surface area (Å²) in [5.74, 6) is -2.20. The largest absolute Gasteiger partial charge is 0.505 e. The number of aryl methyl sites for hydroxylation is 2. The highest BCUT2D eigenvalue weighted by atomic mass is 32.1. The van der Waals surface area contributed by atoms with Gasteiger partial charge in [0.25, 0.3) is 5.78 Å². The predicted octanol–water partition coefficient (Wildman–Crippen LogP) is 5.96. The Kier molecular flexibility index (Phi) is 8.01. The SMILES string of the molecule is C=CCOC(=O)c1sc(N2C(=O)C(=O)C(=C(O)c3c(C)nc4ccccn34)C2c2ccc(OCc3ccccc3)cc2)nc1C. The minimum Gasteiger partial charge on any atom is -0.505 e. The number of aliphatic hydroxyl groups is 1. The van der Waals surface area contributed by atoms with E-state index in [1.54, 1.807) is 60.8 Å². The first kappa shape index (κ1) is 29.5. The number of nitrogens with zero attached hydrogens (tertiary/aromatic N) is 4. The summed E-state index contributed by atoms with van der Waals surface area (Å²) < 4.78 is 12.8. The number of ether oxygens (including phenoxy) is 2. The van der Waals surface area contributed by atoms with Crippen LogP contribution in [0.4, 0.5) is 5.13 Å². The zero-order valence-electron chi connectivity index (χ0n) is 24.5. The van der Waals surface area contributed by atoms with Gasteiger partial charge in [0, 0.05) is 6.20 Å². The van der Waals surface area contributed by atoms with Crippen LogP contribution in [0.5, 0.6) is 5.75 Å². The van der Waals surface area contributed by atoms with Crippen molar-refractivity contribution in [2.24, 2.45) is 0 Å². The van der Waals surface area contributed by atoms with Crippen LogP contribution in [0, 0.1) is 13.8 Å². The van der Waals surface area contributed by atoms with E-state index in [2.05, 4.69) is 16.5 Å². The van der Waals surface area contributed by atoms with Crippen molar-refractivity contribution in [3.8, 4) is 5.75 Å². The summed E-state index contributed by atoms with van der Waals surface area (Å²) in [7, 11) is 0. The molecule has 45 heavy (non-hydrogen) atoms. The number of imidazole rings is 1. The second-order valence-corrected chi connectivity index (χ2v) is 11.3. The highest BCUT2D eigenvalue weighted by molar-refractivity contribution is 7.17. The van der Waals surface area contributed by atoms with Gasteiger partial charge >= 0.3 is 11.9 Å². The number of pyridine rings is 1. The zero-order chi connectivity index (χ0) is 31.7. The molecule has 1 fully saturated rings. The number of aliphatic hydroxyl groups excluding tert-OH is 1. The van der Waals surface area contributed by atoms with E-state index < -0.39 is 23.7 Å². The highest BCUT2D eigenvalue weighted by Crippen LogP contribution is 2.44. The molecule has 2 aromatic carbocycles. The van der Waals surface area contributed by atoms with E-state index in [1.807, 2.05) is 36.4 Å². The van der Waals surface area contributed by atoms with Crippen molar-refractivity contribution in [3.63, 3.8) is 0 Å². The summed E-state index contributed by atoms with van der Waals surface area (Å²) in [5.41, 5.74) is 3.08. The molecule has 0 aliphatic carbocycles. The number of aromatic nitrogens is 3. The normalized spacial score (nSPS) is 15.9. The topological polar surface area (TPSA) is 123 Å². The molecular weight excluding hydrogens is 592 g/mol. The monoisotopic (exact) mass is 620 g/mol. The van der Waals surface area contributed by atoms with Gasteiger partial charge in [-0.2, -0.15) is 0 Å². The van der Waals surface area contributed by atoms with Gasteiger partial charge in [-0.1, -0.05) is 72.5 Å². The van der Waals surface area contributed by atoms with Gasteiger partial charge in [-0.3, -0.25) is 18.9 Å². The van der Waals surface area contributed by atoms with Gasteiger partial charge in [0.15, 0.2) is 10.9 Å². The molecule has 0 spiro atoms. The molecule has 1 aliphatic rings. The van der Waals surface area contributed by atoms with Gasteiger partial charge in [0.05, 0.1) is 23.0 Å². The summed E-state index contributed by atoms with van der Waals surface area (Å²) in [6.07, 6.45) is 3.17. The maximum absolute atomic E-state index is 13.8. The molecule has 0 radical (unpaired) electrons. The van der Waals surface area contributed by atoms with Gasteiger partial charge in [-0.15, -0.1) is 0 Å². The van der Waals surface area contributed by atoms with Crippen molar-refractivity contribution in [2.75, 3.05) is 11.5 Å². The van der Waals surface area contributed by atoms with Gasteiger partial charge < -0.3 is 14.6 Å². The number of benzene rings is 2. The molecule has 1 amide bonds. The number of rotatable bonds is 9. The predicted molar refractivity (Wildman–Crippen MR) is 169 cm³/mol. The number of anilines is 1. The van der Waals surface area contributed by atoms with Gasteiger partial charge in [-0.05, 0) is 49.2 Å². The fourth-order valence-electron chi connectivity index (χ4n) is 5.23. The number of ketones is 1. The maximum atomic E-state index is 13.8. The van der Waals surface area contributed by atoms with Crippen LogP contribution in [0.25, 0.3) is 11.4 Å². The third-order valence-corrected chi connectivity index (χ3v) is 8.46. The fourth-order valence-corrected chi connectivity index (χ4v) is 6.22. The number of hydrogen-bond donors (Lipinski definition) is 1. The van der Waals surface area contributed by atoms with Crippen LogP contribution >= 0.6 is 11.3 Å². The van der Waals surface area contributed by atoms with Crippen LogP contribution in [0.15, 0.2) is 97.2 Å². The van der Waals surface area contributed by atoms with E-state index in [4.69, 9.17) is 9.47 Å². The van der Waals surface area contributed by atoms with E-state index in [0.717, 1.165) is 16.9 Å². The number of esters is 1. The minimum absolute atomic E-state index is 0.00731. The van der Waals surface area contributed by atoms with Gasteiger partial charge in [0.2, 0.25) is 0 Å². The molecule has 1 unspecified atom stereocenters. The number of carbonyl (C=O) groups is 3. The van der Waals surface area contributed by atoms with Gasteiger partial charge in [-0.25, -0.2) is 14.8 Å². The molecule has 5 aromatic rings. The third kappa shape index (κ3) is 5.49. The molecule has 3 aromatic heterocycles. The van der Waals surface area contributed by atoms with Crippen LogP contribution < -0.4 is 9.64 Å². The number of Topliss-reactive ketones (excluding diaryl/α,β-unsaturated/α-hetero) is 1. The molecule has 1 aliphatic heterocycles. The van der Waals surface area contributed by atoms with Crippen LogP contribution in [-0.2, 0) is 20.9 Å². The van der Waals surface area contributed by atoms with Crippen LogP contribution in [0.2, 0.25) is 0 Å². The number of carbonyl (C=O) groups excluding carboxylic acids is 3. The van der Waals surface area contributed by atoms with E-state index >= 15 is 0 Å². The smallest absolute Gasteiger partial charge is 0.350 e. The van der Waals surface area contributed by atoms with Crippen LogP contribution in [-0.4, -0.2) is 43.7 Å². The van der Waals surface area contributed by atoms with Crippen LogP contribution in [0.3, 0.4) is 0 Å². The molecule has 0 bridgehead atoms. The average Bonchev–Trinajstić information content (AvgIpc) is 3.69. The summed E-state index contributed by atoms with van der Waals surface area (Å²) in [6.45, 7) is 7.26. The molecule has 1 N–H and O–H groups in total. The summed E-state index contributed by atoms with van der Waals surface area (Å²) in [5, 5.41) is 11.9. The third-order valence-electron chi connectivity index (χ3n) is 7.33. The van der Waals surface area contributed by atoms with E-state index in [1.165, 1.54) is 11.0 Å². The molecule has 11 heteroatoms. The van der Waals surface area contributed by atoms with Crippen molar-refractivity contribution in [1.82, 2.24) is 14.4 Å². The lowest BCUT2D eigenvalue weighted by Crippen LogP contribution is -2.29. The van der Waals surface area contributed by atoms with Crippen LogP contribution in [0.1, 0.15) is 43.9 Å². The summed E-state index contributed by atoms with van der Waals surface area (Å²) >= 11 is 0.932. The second-order valence-electron chi connectivity index (χ2n) is 10.3. The zero-order valence-corrected chi connectivity index (χ0v) is 25.3. The number of thiazole rings is 1. The molecule has 4 heterocycles. The first-order valence-electron chi connectivity index (χ1n) is 14.1. The lowest BCUT2D eigenvalue weighted by atomic mass is 9.96. The van der Waals surface area contributed by atoms with Crippen molar-refractivity contribution in [3.05, 3.63) is 130 Å². The Hall–Kier alpha value is -5.55. The Morgan fingerprint density at radius 2 is 1.73 bits per heavy atom. The molecule has 1 atom stereocenters. The van der Waals surface area contributed by atoms with Crippen molar-refractivity contribution in [1.29, 1.82) is 0 Å². The number of hydrogen-bond acceptors (Lipinski definition) is 9. The van der Waals surface area contributed by atoms with E-state index in [-0.39, 0.29) is 27.9 Å². The minimum atomic E-state index is -1.07. The van der Waals surface area contributed by atoms with Gasteiger partial charge in [0.1, 0.15) is 35.2 Å². The summed E-state index contributed by atoms with van der Waals surface area (Å²) in [4.78, 5) is 50.6. The summed E-state index contributed by atoms with van der Waals surface area (Å²) in [6, 6.07) is 21.0. The maximum Gasteiger partial charge on any atom is 0.350 e. The Balaban J connectivity index is 1.45. The average molecular weight is 621 g/mol. The fraction of sp³-hybridized carbons (Fsp3) is 0.147. The standard InChI is InChI=1S/C34H28N4O6S/c1-4-18-43-33(42)31-21(3)36-34(45-31)38-28(23-13-15-24(16-14-23)44-19-22-10-6-5-7-11-22)26(30(40)32(38)41)29(39)27-20(2)35-25-12-8-9-17-37(25)27/h4-17,28,39H,1,18-19H2,2-3H3. The quantitative estimate of drug-likeness (QED) is 0.0705. The second kappa shape index (κ2) is 12.2. The number of fused-ring (bicyclic) bond motifs is 1. The highest BCUT2D eigenvalue weighted by Gasteiger charge is 2.49. The Labute approximate surface area is 262 Å². The molecule has 1 saturated heterocycles. The lowest BCUT2D eigenvalue weighted by molar-refractivity contribution is -0.132. The van der Waals surface area contributed by atoms with Crippen molar-refractivity contribution >= 4 is 45.5 Å². The molecule has 226 valence electrons. The first-order valence-corrected chi connectivity index (χ1v) is 14.9. The lowest BCUT2D eigenvalue weighted by Gasteiger charge is -2.23. The van der Waals surface area contributed by atoms with E-state index in [9.17, 15) is 19.5 Å². The Morgan fingerprint density at radius 1 is 1.00 bits per heavy atom. The molecule has 10 nitrogen and oxygen atoms in total. The first-order chi connectivity index (χ1) is 21.8. The Morgan fingerprint density at radius 3 is 2.47 bits per heavy atom. The molecule has 0 saturated carbocycles. The van der Waals surface area contributed by atoms with Crippen molar-refractivity contribution in [2.45, 2.75) is 26.5 Å².